The van der Waals surface area contributed by atoms with Gasteiger partial charge in [0, 0.05) is 38.1 Å². The van der Waals surface area contributed by atoms with E-state index in [0.717, 1.165) is 18.9 Å². The molecule has 1 saturated heterocycles. The third kappa shape index (κ3) is 2.57. The fourth-order valence-corrected chi connectivity index (χ4v) is 2.67. The zero-order valence-corrected chi connectivity index (χ0v) is 10.8. The second-order valence-electron chi connectivity index (χ2n) is 5.60. The van der Waals surface area contributed by atoms with Crippen LogP contribution in [0, 0.1) is 5.92 Å². The first kappa shape index (κ1) is 11.9. The molecule has 16 heavy (non-hydrogen) atoms. The number of hydrogen-bond acceptors (Lipinski definition) is 2. The second-order valence-corrected chi connectivity index (χ2v) is 5.60. The summed E-state index contributed by atoms with van der Waals surface area (Å²) in [7, 11) is 1.97. The number of nitrogens with zero attached hydrogens (tertiary/aromatic N) is 2. The van der Waals surface area contributed by atoms with Crippen LogP contribution in [-0.4, -0.2) is 47.9 Å². The van der Waals surface area contributed by atoms with Crippen molar-refractivity contribution in [2.75, 3.05) is 20.1 Å². The Kier molecular flexibility index (Phi) is 3.53. The lowest BCUT2D eigenvalue weighted by Gasteiger charge is -2.37. The predicted molar refractivity (Wildman–Crippen MR) is 65.2 cm³/mol. The highest BCUT2D eigenvalue weighted by Crippen LogP contribution is 2.30. The van der Waals surface area contributed by atoms with Crippen molar-refractivity contribution in [3.63, 3.8) is 0 Å². The smallest absolute Gasteiger partial charge is 0.225 e. The summed E-state index contributed by atoms with van der Waals surface area (Å²) in [6.07, 6.45) is 5.10. The van der Waals surface area contributed by atoms with E-state index in [9.17, 15) is 4.79 Å². The van der Waals surface area contributed by atoms with E-state index in [2.05, 4.69) is 4.90 Å². The van der Waals surface area contributed by atoms with Crippen LogP contribution in [0.3, 0.4) is 0 Å². The first-order valence-corrected chi connectivity index (χ1v) is 6.60. The molecule has 1 aliphatic carbocycles. The minimum atomic E-state index is 0.131. The van der Waals surface area contributed by atoms with E-state index < -0.39 is 0 Å². The highest BCUT2D eigenvalue weighted by atomic mass is 16.2. The van der Waals surface area contributed by atoms with Gasteiger partial charge >= 0.3 is 0 Å². The van der Waals surface area contributed by atoms with Gasteiger partial charge in [0.1, 0.15) is 0 Å². The maximum atomic E-state index is 11.9. The molecule has 2 rings (SSSR count). The number of amides is 1. The van der Waals surface area contributed by atoms with E-state index in [4.69, 9.17) is 0 Å². The number of likely N-dealkylation sites (tertiary alicyclic amines) is 1. The van der Waals surface area contributed by atoms with E-state index in [1.54, 1.807) is 0 Å². The molecular formula is C13H24N2O. The largest absolute Gasteiger partial charge is 0.342 e. The Hall–Kier alpha value is -0.570. The van der Waals surface area contributed by atoms with Gasteiger partial charge in [-0.3, -0.25) is 4.79 Å². The Morgan fingerprint density at radius 1 is 1.19 bits per heavy atom. The lowest BCUT2D eigenvalue weighted by molar-refractivity contribution is -0.136. The Morgan fingerprint density at radius 3 is 2.19 bits per heavy atom. The average Bonchev–Trinajstić information content (AvgIpc) is 3.11. The SMILES string of the molecule is CC(C)C(=O)N(C)C1CCN(C2CC2)CC1. The summed E-state index contributed by atoms with van der Waals surface area (Å²) in [4.78, 5) is 16.5. The zero-order chi connectivity index (χ0) is 11.7. The Morgan fingerprint density at radius 2 is 1.75 bits per heavy atom. The number of carbonyl (C=O) groups excluding carboxylic acids is 1. The van der Waals surface area contributed by atoms with E-state index in [1.807, 2.05) is 25.8 Å². The van der Waals surface area contributed by atoms with Crippen LogP contribution in [0.15, 0.2) is 0 Å². The molecule has 1 heterocycles. The van der Waals surface area contributed by atoms with Crippen molar-refractivity contribution in [1.82, 2.24) is 9.80 Å². The van der Waals surface area contributed by atoms with Gasteiger partial charge in [-0.25, -0.2) is 0 Å². The molecule has 0 aromatic rings. The molecule has 0 N–H and O–H groups in total. The number of piperidine rings is 1. The molecule has 0 spiro atoms. The summed E-state index contributed by atoms with van der Waals surface area (Å²) in [5.41, 5.74) is 0. The van der Waals surface area contributed by atoms with Gasteiger partial charge in [0.2, 0.25) is 5.91 Å². The fourth-order valence-electron chi connectivity index (χ4n) is 2.67. The van der Waals surface area contributed by atoms with Crippen LogP contribution in [0.4, 0.5) is 0 Å². The van der Waals surface area contributed by atoms with Gasteiger partial charge in [-0.1, -0.05) is 13.8 Å². The standard InChI is InChI=1S/C13H24N2O/c1-10(2)13(16)14(3)11-6-8-15(9-7-11)12-4-5-12/h10-12H,4-9H2,1-3H3. The zero-order valence-electron chi connectivity index (χ0n) is 10.8. The highest BCUT2D eigenvalue weighted by Gasteiger charge is 2.33. The Balaban J connectivity index is 1.81. The van der Waals surface area contributed by atoms with E-state index in [-0.39, 0.29) is 5.92 Å². The second kappa shape index (κ2) is 4.74. The summed E-state index contributed by atoms with van der Waals surface area (Å²) in [5.74, 6) is 0.427. The van der Waals surface area contributed by atoms with Gasteiger partial charge in [-0.2, -0.15) is 0 Å². The van der Waals surface area contributed by atoms with Gasteiger partial charge in [0.05, 0.1) is 0 Å². The molecule has 3 heteroatoms. The maximum absolute atomic E-state index is 11.9. The number of rotatable bonds is 3. The van der Waals surface area contributed by atoms with Gasteiger partial charge in [-0.05, 0) is 25.7 Å². The molecule has 1 amide bonds. The Bertz CT molecular complexity index is 253. The van der Waals surface area contributed by atoms with Crippen molar-refractivity contribution in [1.29, 1.82) is 0 Å². The first-order chi connectivity index (χ1) is 7.59. The van der Waals surface area contributed by atoms with Crippen molar-refractivity contribution >= 4 is 5.91 Å². The molecule has 0 aromatic carbocycles. The third-order valence-corrected chi connectivity index (χ3v) is 3.95. The maximum Gasteiger partial charge on any atom is 0.225 e. The average molecular weight is 224 g/mol. The summed E-state index contributed by atoms with van der Waals surface area (Å²) in [6, 6.07) is 1.36. The molecule has 0 aromatic heterocycles. The summed E-state index contributed by atoms with van der Waals surface area (Å²) < 4.78 is 0. The molecule has 2 fully saturated rings. The van der Waals surface area contributed by atoms with E-state index >= 15 is 0 Å². The van der Waals surface area contributed by atoms with Crippen molar-refractivity contribution < 1.29 is 4.79 Å². The minimum Gasteiger partial charge on any atom is -0.342 e. The molecule has 1 saturated carbocycles. The van der Waals surface area contributed by atoms with E-state index in [0.29, 0.717) is 11.9 Å². The van der Waals surface area contributed by atoms with Crippen LogP contribution in [0.1, 0.15) is 39.5 Å². The van der Waals surface area contributed by atoms with Crippen LogP contribution < -0.4 is 0 Å². The molecule has 0 bridgehead atoms. The van der Waals surface area contributed by atoms with Crippen LogP contribution >= 0.6 is 0 Å². The molecule has 1 aliphatic heterocycles. The third-order valence-electron chi connectivity index (χ3n) is 3.95. The van der Waals surface area contributed by atoms with E-state index in [1.165, 1.54) is 25.9 Å². The molecule has 0 atom stereocenters. The predicted octanol–water partition coefficient (Wildman–Crippen LogP) is 1.73. The topological polar surface area (TPSA) is 23.6 Å². The van der Waals surface area contributed by atoms with Crippen LogP contribution in [0.2, 0.25) is 0 Å². The van der Waals surface area contributed by atoms with Crippen molar-refractivity contribution in [2.24, 2.45) is 5.92 Å². The van der Waals surface area contributed by atoms with Gasteiger partial charge < -0.3 is 9.80 Å². The van der Waals surface area contributed by atoms with Crippen molar-refractivity contribution in [3.05, 3.63) is 0 Å². The summed E-state index contributed by atoms with van der Waals surface area (Å²) in [5, 5.41) is 0. The highest BCUT2D eigenvalue weighted by molar-refractivity contribution is 5.78. The quantitative estimate of drug-likeness (QED) is 0.729. The first-order valence-electron chi connectivity index (χ1n) is 6.60. The van der Waals surface area contributed by atoms with Gasteiger partial charge in [0.15, 0.2) is 0 Å². The number of carbonyl (C=O) groups is 1. The lowest BCUT2D eigenvalue weighted by atomic mass is 10.0. The molecule has 92 valence electrons. The van der Waals surface area contributed by atoms with Crippen LogP contribution in [-0.2, 0) is 4.79 Å². The fraction of sp³-hybridized carbons (Fsp3) is 0.923. The normalized spacial score (nSPS) is 23.8. The molecular weight excluding hydrogens is 200 g/mol. The summed E-state index contributed by atoms with van der Waals surface area (Å²) in [6.45, 7) is 6.34. The molecule has 2 aliphatic rings. The van der Waals surface area contributed by atoms with Gasteiger partial charge in [0.25, 0.3) is 0 Å². The molecule has 0 unspecified atom stereocenters. The van der Waals surface area contributed by atoms with Gasteiger partial charge in [-0.15, -0.1) is 0 Å². The minimum absolute atomic E-state index is 0.131. The monoisotopic (exact) mass is 224 g/mol. The number of hydrogen-bond donors (Lipinski definition) is 0. The van der Waals surface area contributed by atoms with Crippen LogP contribution in [0.25, 0.3) is 0 Å². The summed E-state index contributed by atoms with van der Waals surface area (Å²) >= 11 is 0. The van der Waals surface area contributed by atoms with Crippen molar-refractivity contribution in [3.8, 4) is 0 Å². The van der Waals surface area contributed by atoms with Crippen LogP contribution in [0.5, 0.6) is 0 Å². The van der Waals surface area contributed by atoms with Crippen molar-refractivity contribution in [2.45, 2.75) is 51.6 Å². The lowest BCUT2D eigenvalue weighted by Crippen LogP contribution is -2.47. The molecule has 0 radical (unpaired) electrons. The Labute approximate surface area is 98.8 Å². The molecule has 3 nitrogen and oxygen atoms in total.